The highest BCUT2D eigenvalue weighted by Crippen LogP contribution is 2.22. The lowest BCUT2D eigenvalue weighted by molar-refractivity contribution is -0.117. The summed E-state index contributed by atoms with van der Waals surface area (Å²) < 4.78 is 0.855. The van der Waals surface area contributed by atoms with Gasteiger partial charge in [0.1, 0.15) is 6.04 Å². The van der Waals surface area contributed by atoms with Gasteiger partial charge in [0, 0.05) is 17.3 Å². The van der Waals surface area contributed by atoms with Crippen LogP contribution < -0.4 is 16.0 Å². The lowest BCUT2D eigenvalue weighted by Crippen LogP contribution is -2.41. The summed E-state index contributed by atoms with van der Waals surface area (Å²) >= 11 is 4.63. The molecule has 1 heterocycles. The van der Waals surface area contributed by atoms with Gasteiger partial charge in [-0.15, -0.1) is 11.3 Å². The fraction of sp³-hybridized carbons (Fsp3) is 0.409. The molecule has 0 aliphatic heterocycles. The first-order chi connectivity index (χ1) is 14.3. The van der Waals surface area contributed by atoms with E-state index < -0.39 is 6.04 Å². The standard InChI is InChI=1S/C22H26BrN3O3S/c1-13-12-15(21(28)25-16-6-4-3-5-7-16)8-9-17(13)26-20(27)14(2)24-22(29)18-10-11-19(23)30-18/h8-12,14,16H,3-7H2,1-2H3,(H,24,29)(H,25,28)(H,26,27). The Morgan fingerprint density at radius 2 is 1.80 bits per heavy atom. The molecular weight excluding hydrogens is 466 g/mol. The molecule has 2 aromatic rings. The van der Waals surface area contributed by atoms with Gasteiger partial charge < -0.3 is 16.0 Å². The summed E-state index contributed by atoms with van der Waals surface area (Å²) in [5, 5.41) is 8.63. The number of amides is 3. The van der Waals surface area contributed by atoms with E-state index in [0.29, 0.717) is 16.1 Å². The average molecular weight is 492 g/mol. The molecule has 6 nitrogen and oxygen atoms in total. The van der Waals surface area contributed by atoms with Gasteiger partial charge in [0.25, 0.3) is 11.8 Å². The third kappa shape index (κ3) is 5.92. The van der Waals surface area contributed by atoms with Crippen molar-refractivity contribution in [3.05, 3.63) is 50.1 Å². The molecular formula is C22H26BrN3O3S. The highest BCUT2D eigenvalue weighted by atomic mass is 79.9. The molecule has 0 bridgehead atoms. The zero-order valence-electron chi connectivity index (χ0n) is 17.1. The van der Waals surface area contributed by atoms with Crippen LogP contribution in [0.1, 0.15) is 64.6 Å². The fourth-order valence-corrected chi connectivity index (χ4v) is 4.76. The van der Waals surface area contributed by atoms with E-state index in [1.54, 1.807) is 37.3 Å². The predicted molar refractivity (Wildman–Crippen MR) is 123 cm³/mol. The Bertz CT molecular complexity index is 937. The SMILES string of the molecule is Cc1cc(C(=O)NC2CCCCC2)ccc1NC(=O)C(C)NC(=O)c1ccc(Br)s1. The minimum Gasteiger partial charge on any atom is -0.349 e. The molecule has 0 spiro atoms. The van der Waals surface area contributed by atoms with E-state index in [9.17, 15) is 14.4 Å². The molecule has 3 N–H and O–H groups in total. The monoisotopic (exact) mass is 491 g/mol. The van der Waals surface area contributed by atoms with Gasteiger partial charge in [0.05, 0.1) is 8.66 Å². The van der Waals surface area contributed by atoms with Crippen molar-refractivity contribution in [2.45, 2.75) is 58.0 Å². The molecule has 160 valence electrons. The second-order valence-electron chi connectivity index (χ2n) is 7.63. The number of hydrogen-bond donors (Lipinski definition) is 3. The molecule has 3 rings (SSSR count). The molecule has 1 aromatic heterocycles. The van der Waals surface area contributed by atoms with E-state index in [0.717, 1.165) is 35.0 Å². The van der Waals surface area contributed by atoms with E-state index in [-0.39, 0.29) is 23.8 Å². The first kappa shape index (κ1) is 22.5. The van der Waals surface area contributed by atoms with E-state index in [2.05, 4.69) is 31.9 Å². The van der Waals surface area contributed by atoms with Crippen molar-refractivity contribution in [3.63, 3.8) is 0 Å². The molecule has 3 amide bonds. The highest BCUT2D eigenvalue weighted by Gasteiger charge is 2.20. The van der Waals surface area contributed by atoms with Crippen molar-refractivity contribution in [2.24, 2.45) is 0 Å². The van der Waals surface area contributed by atoms with Crippen molar-refractivity contribution in [1.29, 1.82) is 0 Å². The topological polar surface area (TPSA) is 87.3 Å². The molecule has 1 aliphatic rings. The Morgan fingerprint density at radius 1 is 1.07 bits per heavy atom. The molecule has 1 aliphatic carbocycles. The van der Waals surface area contributed by atoms with Gasteiger partial charge in [-0.3, -0.25) is 14.4 Å². The van der Waals surface area contributed by atoms with Crippen LogP contribution in [0.2, 0.25) is 0 Å². The van der Waals surface area contributed by atoms with Crippen molar-refractivity contribution in [3.8, 4) is 0 Å². The first-order valence-electron chi connectivity index (χ1n) is 10.1. The molecule has 8 heteroatoms. The number of nitrogens with one attached hydrogen (secondary N) is 3. The number of thiophene rings is 1. The van der Waals surface area contributed by atoms with E-state index in [1.165, 1.54) is 17.8 Å². The molecule has 0 saturated heterocycles. The van der Waals surface area contributed by atoms with Crippen LogP contribution in [0.4, 0.5) is 5.69 Å². The van der Waals surface area contributed by atoms with Gasteiger partial charge in [-0.2, -0.15) is 0 Å². The van der Waals surface area contributed by atoms with Crippen LogP contribution >= 0.6 is 27.3 Å². The number of carbonyl (C=O) groups is 3. The van der Waals surface area contributed by atoms with Gasteiger partial charge in [-0.25, -0.2) is 0 Å². The zero-order valence-corrected chi connectivity index (χ0v) is 19.5. The summed E-state index contributed by atoms with van der Waals surface area (Å²) in [5.41, 5.74) is 2.00. The van der Waals surface area contributed by atoms with E-state index in [4.69, 9.17) is 0 Å². The second kappa shape index (κ2) is 10.2. The minimum absolute atomic E-state index is 0.0781. The lowest BCUT2D eigenvalue weighted by Gasteiger charge is -2.23. The van der Waals surface area contributed by atoms with Crippen LogP contribution in [-0.2, 0) is 4.79 Å². The lowest BCUT2D eigenvalue weighted by atomic mass is 9.95. The van der Waals surface area contributed by atoms with E-state index >= 15 is 0 Å². The van der Waals surface area contributed by atoms with Crippen LogP contribution in [0.3, 0.4) is 0 Å². The number of halogens is 1. The summed E-state index contributed by atoms with van der Waals surface area (Å²) in [7, 11) is 0. The maximum atomic E-state index is 12.5. The average Bonchev–Trinajstić information content (AvgIpc) is 3.16. The predicted octanol–water partition coefficient (Wildman–Crippen LogP) is 4.64. The third-order valence-electron chi connectivity index (χ3n) is 5.22. The van der Waals surface area contributed by atoms with Crippen LogP contribution in [-0.4, -0.2) is 29.8 Å². The van der Waals surface area contributed by atoms with Gasteiger partial charge in [-0.05, 0) is 78.5 Å². The fourth-order valence-electron chi connectivity index (χ4n) is 3.47. The smallest absolute Gasteiger partial charge is 0.262 e. The Labute approximate surface area is 189 Å². The molecule has 30 heavy (non-hydrogen) atoms. The van der Waals surface area contributed by atoms with E-state index in [1.807, 2.05) is 6.92 Å². The summed E-state index contributed by atoms with van der Waals surface area (Å²) in [6, 6.07) is 8.27. The van der Waals surface area contributed by atoms with Gasteiger partial charge in [-0.1, -0.05) is 19.3 Å². The summed E-state index contributed by atoms with van der Waals surface area (Å²) in [4.78, 5) is 37.8. The molecule has 1 fully saturated rings. The van der Waals surface area contributed by atoms with Crippen molar-refractivity contribution < 1.29 is 14.4 Å². The van der Waals surface area contributed by atoms with Gasteiger partial charge in [0.15, 0.2) is 0 Å². The summed E-state index contributed by atoms with van der Waals surface area (Å²) in [6.45, 7) is 3.48. The first-order valence-corrected chi connectivity index (χ1v) is 11.7. The molecule has 1 saturated carbocycles. The Morgan fingerprint density at radius 3 is 2.43 bits per heavy atom. The minimum atomic E-state index is -0.702. The maximum absolute atomic E-state index is 12.5. The van der Waals surface area contributed by atoms with Gasteiger partial charge >= 0.3 is 0 Å². The maximum Gasteiger partial charge on any atom is 0.262 e. The Kier molecular flexibility index (Phi) is 7.66. The van der Waals surface area contributed by atoms with Crippen LogP contribution in [0.5, 0.6) is 0 Å². The van der Waals surface area contributed by atoms with Crippen LogP contribution in [0, 0.1) is 6.92 Å². The third-order valence-corrected chi connectivity index (χ3v) is 6.85. The molecule has 1 aromatic carbocycles. The van der Waals surface area contributed by atoms with Gasteiger partial charge in [0.2, 0.25) is 5.91 Å². The summed E-state index contributed by atoms with van der Waals surface area (Å²) in [6.07, 6.45) is 5.63. The number of aryl methyl sites for hydroxylation is 1. The Hall–Kier alpha value is -2.19. The Balaban J connectivity index is 1.57. The zero-order chi connectivity index (χ0) is 21.7. The number of benzene rings is 1. The quantitative estimate of drug-likeness (QED) is 0.549. The summed E-state index contributed by atoms with van der Waals surface area (Å²) in [5.74, 6) is -0.688. The number of rotatable bonds is 6. The van der Waals surface area contributed by atoms with Crippen molar-refractivity contribution in [2.75, 3.05) is 5.32 Å². The molecule has 0 radical (unpaired) electrons. The molecule has 1 atom stereocenters. The highest BCUT2D eigenvalue weighted by molar-refractivity contribution is 9.11. The van der Waals surface area contributed by atoms with Crippen LogP contribution in [0.15, 0.2) is 34.1 Å². The number of anilines is 1. The number of hydrogen-bond acceptors (Lipinski definition) is 4. The number of carbonyl (C=O) groups excluding carboxylic acids is 3. The normalized spacial score (nSPS) is 15.3. The van der Waals surface area contributed by atoms with Crippen molar-refractivity contribution >= 4 is 50.7 Å². The van der Waals surface area contributed by atoms with Crippen molar-refractivity contribution in [1.82, 2.24) is 10.6 Å². The molecule has 1 unspecified atom stereocenters. The van der Waals surface area contributed by atoms with Crippen LogP contribution in [0.25, 0.3) is 0 Å². The largest absolute Gasteiger partial charge is 0.349 e. The second-order valence-corrected chi connectivity index (χ2v) is 10.1.